The maximum atomic E-state index is 11.4. The maximum absolute atomic E-state index is 11.4. The van der Waals surface area contributed by atoms with Crippen LogP contribution >= 0.6 is 0 Å². The number of rotatable bonds is 3. The van der Waals surface area contributed by atoms with Crippen molar-refractivity contribution < 1.29 is 4.79 Å². The topological polar surface area (TPSA) is 69.1 Å². The first-order chi connectivity index (χ1) is 5.75. The lowest BCUT2D eigenvalue weighted by Crippen LogP contribution is -2.37. The molecule has 0 aliphatic heterocycles. The van der Waals surface area contributed by atoms with E-state index in [1.54, 1.807) is 24.3 Å². The highest BCUT2D eigenvalue weighted by atomic mass is 16.1. The Morgan fingerprint density at radius 2 is 1.92 bits per heavy atom. The number of benzene rings is 1. The van der Waals surface area contributed by atoms with Crippen LogP contribution in [0.1, 0.15) is 10.4 Å². The molecule has 1 aromatic carbocycles. The largest absolute Gasteiger partial charge is 0.328 e. The van der Waals surface area contributed by atoms with Crippen LogP contribution in [-0.2, 0) is 0 Å². The number of hydrogen-bond acceptors (Lipinski definition) is 3. The second kappa shape index (κ2) is 3.99. The first kappa shape index (κ1) is 8.90. The van der Waals surface area contributed by atoms with Gasteiger partial charge in [0.25, 0.3) is 0 Å². The fourth-order valence-corrected chi connectivity index (χ4v) is 0.924. The number of carbonyl (C=O) groups excluding carboxylic acids is 1. The summed E-state index contributed by atoms with van der Waals surface area (Å²) in [7, 11) is 0. The Labute approximate surface area is 71.4 Å². The highest BCUT2D eigenvalue weighted by molar-refractivity contribution is 6.00. The summed E-state index contributed by atoms with van der Waals surface area (Å²) in [6, 6.07) is 8.35. The lowest BCUT2D eigenvalue weighted by molar-refractivity contribution is 0.0964. The fourth-order valence-electron chi connectivity index (χ4n) is 0.924. The summed E-state index contributed by atoms with van der Waals surface area (Å²) in [5.74, 6) is -0.0990. The zero-order valence-corrected chi connectivity index (χ0v) is 6.73. The summed E-state index contributed by atoms with van der Waals surface area (Å²) >= 11 is 0. The maximum Gasteiger partial charge on any atom is 0.180 e. The molecule has 4 N–H and O–H groups in total. The zero-order chi connectivity index (χ0) is 8.97. The van der Waals surface area contributed by atoms with Gasteiger partial charge in [0, 0.05) is 12.1 Å². The molecule has 64 valence electrons. The molecule has 3 nitrogen and oxygen atoms in total. The van der Waals surface area contributed by atoms with E-state index in [1.165, 1.54) is 0 Å². The van der Waals surface area contributed by atoms with Crippen LogP contribution in [0.2, 0.25) is 0 Å². The van der Waals surface area contributed by atoms with Crippen LogP contribution in [0.3, 0.4) is 0 Å². The van der Waals surface area contributed by atoms with Crippen LogP contribution < -0.4 is 11.5 Å². The highest BCUT2D eigenvalue weighted by Gasteiger charge is 2.12. The molecule has 0 unspecified atom stereocenters. The van der Waals surface area contributed by atoms with Crippen LogP contribution in [0.25, 0.3) is 0 Å². The summed E-state index contributed by atoms with van der Waals surface area (Å²) in [5.41, 5.74) is 11.4. The predicted molar refractivity (Wildman–Crippen MR) is 47.8 cm³/mol. The number of ketones is 1. The minimum absolute atomic E-state index is 0.0990. The molecule has 1 rings (SSSR count). The molecule has 0 heterocycles. The van der Waals surface area contributed by atoms with E-state index in [1.807, 2.05) is 6.07 Å². The molecule has 3 heteroatoms. The van der Waals surface area contributed by atoms with Crippen molar-refractivity contribution in [2.24, 2.45) is 11.5 Å². The van der Waals surface area contributed by atoms with Crippen LogP contribution in [-0.4, -0.2) is 18.4 Å². The van der Waals surface area contributed by atoms with Gasteiger partial charge in [0.2, 0.25) is 0 Å². The van der Waals surface area contributed by atoms with Gasteiger partial charge in [0.05, 0.1) is 6.04 Å². The van der Waals surface area contributed by atoms with Crippen molar-refractivity contribution in [3.63, 3.8) is 0 Å². The zero-order valence-electron chi connectivity index (χ0n) is 6.73. The molecule has 1 aromatic rings. The average Bonchev–Trinajstić information content (AvgIpc) is 2.17. The van der Waals surface area contributed by atoms with Crippen molar-refractivity contribution in [2.75, 3.05) is 6.54 Å². The van der Waals surface area contributed by atoms with E-state index in [0.717, 1.165) is 0 Å². The summed E-state index contributed by atoms with van der Waals surface area (Å²) in [6.07, 6.45) is 0. The third kappa shape index (κ3) is 1.90. The van der Waals surface area contributed by atoms with Crippen molar-refractivity contribution in [2.45, 2.75) is 6.04 Å². The standard InChI is InChI=1S/C9H12N2O/c10-6-8(11)9(12)7-4-2-1-3-5-7/h1-5,8H,6,10-11H2/t8-/m1/s1. The molecule has 0 aliphatic carbocycles. The van der Waals surface area contributed by atoms with Gasteiger partial charge >= 0.3 is 0 Å². The molecule has 0 fully saturated rings. The van der Waals surface area contributed by atoms with Gasteiger partial charge in [0.1, 0.15) is 0 Å². The fraction of sp³-hybridized carbons (Fsp3) is 0.222. The van der Waals surface area contributed by atoms with E-state index in [4.69, 9.17) is 11.5 Å². The first-order valence-electron chi connectivity index (χ1n) is 3.80. The molecule has 0 amide bonds. The Morgan fingerprint density at radius 3 is 2.42 bits per heavy atom. The monoisotopic (exact) mass is 164 g/mol. The Balaban J connectivity index is 2.79. The second-order valence-electron chi connectivity index (χ2n) is 2.57. The van der Waals surface area contributed by atoms with Gasteiger partial charge in [-0.1, -0.05) is 30.3 Å². The summed E-state index contributed by atoms with van der Waals surface area (Å²) in [6.45, 7) is 0.188. The van der Waals surface area contributed by atoms with Gasteiger partial charge in [-0.2, -0.15) is 0 Å². The summed E-state index contributed by atoms with van der Waals surface area (Å²) in [4.78, 5) is 11.4. The number of carbonyl (C=O) groups is 1. The van der Waals surface area contributed by atoms with Gasteiger partial charge in [0.15, 0.2) is 5.78 Å². The predicted octanol–water partition coefficient (Wildman–Crippen LogP) is 0.155. The van der Waals surface area contributed by atoms with Gasteiger partial charge in [-0.15, -0.1) is 0 Å². The van der Waals surface area contributed by atoms with E-state index in [-0.39, 0.29) is 12.3 Å². The van der Waals surface area contributed by atoms with E-state index in [2.05, 4.69) is 0 Å². The number of Topliss-reactive ketones (excluding diaryl/α,β-unsaturated/α-hetero) is 1. The van der Waals surface area contributed by atoms with Crippen molar-refractivity contribution in [1.82, 2.24) is 0 Å². The van der Waals surface area contributed by atoms with Crippen LogP contribution in [0.5, 0.6) is 0 Å². The Bertz CT molecular complexity index is 258. The van der Waals surface area contributed by atoms with Crippen molar-refractivity contribution in [3.05, 3.63) is 35.9 Å². The number of hydrogen-bond donors (Lipinski definition) is 2. The van der Waals surface area contributed by atoms with Crippen molar-refractivity contribution in [3.8, 4) is 0 Å². The highest BCUT2D eigenvalue weighted by Crippen LogP contribution is 2.01. The SMILES string of the molecule is NC[C@@H](N)C(=O)c1ccccc1. The van der Waals surface area contributed by atoms with Gasteiger partial charge < -0.3 is 11.5 Å². The Kier molecular flexibility index (Phi) is 2.96. The summed E-state index contributed by atoms with van der Waals surface area (Å²) < 4.78 is 0. The molecule has 0 saturated carbocycles. The molecular weight excluding hydrogens is 152 g/mol. The second-order valence-corrected chi connectivity index (χ2v) is 2.57. The molecule has 0 aromatic heterocycles. The molecule has 0 radical (unpaired) electrons. The van der Waals surface area contributed by atoms with Crippen LogP contribution in [0.15, 0.2) is 30.3 Å². The minimum Gasteiger partial charge on any atom is -0.328 e. The van der Waals surface area contributed by atoms with Crippen molar-refractivity contribution in [1.29, 1.82) is 0 Å². The van der Waals surface area contributed by atoms with Gasteiger partial charge in [-0.3, -0.25) is 4.79 Å². The minimum atomic E-state index is -0.576. The van der Waals surface area contributed by atoms with Crippen LogP contribution in [0.4, 0.5) is 0 Å². The van der Waals surface area contributed by atoms with E-state index >= 15 is 0 Å². The van der Waals surface area contributed by atoms with Crippen molar-refractivity contribution >= 4 is 5.78 Å². The molecular formula is C9H12N2O. The lowest BCUT2D eigenvalue weighted by Gasteiger charge is -2.06. The Morgan fingerprint density at radius 1 is 1.33 bits per heavy atom. The molecule has 1 atom stereocenters. The lowest BCUT2D eigenvalue weighted by atomic mass is 10.1. The molecule has 0 saturated heterocycles. The molecule has 12 heavy (non-hydrogen) atoms. The molecule has 0 bridgehead atoms. The van der Waals surface area contributed by atoms with E-state index < -0.39 is 6.04 Å². The van der Waals surface area contributed by atoms with Gasteiger partial charge in [-0.05, 0) is 0 Å². The molecule has 0 spiro atoms. The number of nitrogens with two attached hydrogens (primary N) is 2. The normalized spacial score (nSPS) is 12.5. The quantitative estimate of drug-likeness (QED) is 0.625. The third-order valence-corrected chi connectivity index (χ3v) is 1.65. The molecule has 0 aliphatic rings. The third-order valence-electron chi connectivity index (χ3n) is 1.65. The van der Waals surface area contributed by atoms with Crippen LogP contribution in [0, 0.1) is 0 Å². The summed E-state index contributed by atoms with van der Waals surface area (Å²) in [5, 5.41) is 0. The smallest absolute Gasteiger partial charge is 0.180 e. The average molecular weight is 164 g/mol. The van der Waals surface area contributed by atoms with E-state index in [9.17, 15) is 4.79 Å². The Hall–Kier alpha value is -1.19. The van der Waals surface area contributed by atoms with Gasteiger partial charge in [-0.25, -0.2) is 0 Å². The van der Waals surface area contributed by atoms with E-state index in [0.29, 0.717) is 5.56 Å². The first-order valence-corrected chi connectivity index (χ1v) is 3.80.